The van der Waals surface area contributed by atoms with Gasteiger partial charge < -0.3 is 15.3 Å². The highest BCUT2D eigenvalue weighted by Crippen LogP contribution is 2.28. The predicted octanol–water partition coefficient (Wildman–Crippen LogP) is 1.01. The molecule has 1 aliphatic carbocycles. The second-order valence-electron chi connectivity index (χ2n) is 6.02. The first-order valence-corrected chi connectivity index (χ1v) is 7.86. The molecule has 2 aliphatic rings. The monoisotopic (exact) mass is 296 g/mol. The molecule has 1 saturated carbocycles. The molecule has 1 saturated heterocycles. The molecule has 0 aromatic carbocycles. The zero-order valence-electron chi connectivity index (χ0n) is 12.3. The highest BCUT2D eigenvalue weighted by atomic mass is 16.4. The van der Waals surface area contributed by atoms with Crippen molar-refractivity contribution in [3.05, 3.63) is 0 Å². The molecule has 2 N–H and O–H groups in total. The summed E-state index contributed by atoms with van der Waals surface area (Å²) in [4.78, 5) is 36.5. The van der Waals surface area contributed by atoms with Crippen molar-refractivity contribution < 1.29 is 19.5 Å². The zero-order chi connectivity index (χ0) is 15.2. The number of amides is 2. The second kappa shape index (κ2) is 7.43. The normalized spacial score (nSPS) is 25.6. The first-order chi connectivity index (χ1) is 10.1. The quantitative estimate of drug-likeness (QED) is 0.792. The average Bonchev–Trinajstić information content (AvgIpc) is 3.01. The predicted molar refractivity (Wildman–Crippen MR) is 76.5 cm³/mol. The Morgan fingerprint density at radius 1 is 1.00 bits per heavy atom. The zero-order valence-corrected chi connectivity index (χ0v) is 12.3. The van der Waals surface area contributed by atoms with Gasteiger partial charge in [0.15, 0.2) is 0 Å². The summed E-state index contributed by atoms with van der Waals surface area (Å²) in [5.74, 6) is -1.08. The maximum Gasteiger partial charge on any atom is 0.306 e. The molecule has 1 heterocycles. The number of hydrogen-bond donors (Lipinski definition) is 2. The van der Waals surface area contributed by atoms with Gasteiger partial charge in [-0.25, -0.2) is 0 Å². The van der Waals surface area contributed by atoms with Gasteiger partial charge in [-0.1, -0.05) is 0 Å². The fourth-order valence-corrected chi connectivity index (χ4v) is 3.16. The number of carbonyl (C=O) groups excluding carboxylic acids is 2. The molecule has 6 nitrogen and oxygen atoms in total. The average molecular weight is 296 g/mol. The van der Waals surface area contributed by atoms with E-state index in [-0.39, 0.29) is 23.7 Å². The topological polar surface area (TPSA) is 86.7 Å². The molecule has 2 fully saturated rings. The highest BCUT2D eigenvalue weighted by molar-refractivity contribution is 5.81. The summed E-state index contributed by atoms with van der Waals surface area (Å²) >= 11 is 0. The number of rotatable bonds is 5. The number of nitrogens with one attached hydrogen (secondary N) is 1. The fraction of sp³-hybridized carbons (Fsp3) is 0.800. The molecule has 1 aliphatic heterocycles. The van der Waals surface area contributed by atoms with Crippen LogP contribution in [0.4, 0.5) is 0 Å². The summed E-state index contributed by atoms with van der Waals surface area (Å²) in [6.45, 7) is 2.06. The summed E-state index contributed by atoms with van der Waals surface area (Å²) in [5.41, 5.74) is 0. The lowest BCUT2D eigenvalue weighted by Crippen LogP contribution is -2.37. The lowest BCUT2D eigenvalue weighted by molar-refractivity contribution is -0.144. The van der Waals surface area contributed by atoms with Crippen LogP contribution in [0, 0.1) is 11.8 Å². The standard InChI is InChI=1S/C15H24N2O4/c18-13(17-9-1-2-10-17)7-8-16-14(19)11-3-5-12(6-4-11)15(20)21/h11-12H,1-10H2,(H,16,19)(H,20,21). The van der Waals surface area contributed by atoms with E-state index in [1.54, 1.807) is 0 Å². The lowest BCUT2D eigenvalue weighted by Gasteiger charge is -2.25. The number of carboxylic acid groups (broad SMARTS) is 1. The van der Waals surface area contributed by atoms with Crippen LogP contribution in [0.25, 0.3) is 0 Å². The molecule has 0 unspecified atom stereocenters. The summed E-state index contributed by atoms with van der Waals surface area (Å²) in [6.07, 6.45) is 4.90. The van der Waals surface area contributed by atoms with Gasteiger partial charge in [-0.3, -0.25) is 14.4 Å². The van der Waals surface area contributed by atoms with E-state index in [0.29, 0.717) is 38.6 Å². The summed E-state index contributed by atoms with van der Waals surface area (Å²) in [6, 6.07) is 0. The Balaban J connectivity index is 1.63. The minimum atomic E-state index is -0.759. The second-order valence-corrected chi connectivity index (χ2v) is 6.02. The molecule has 0 atom stereocenters. The van der Waals surface area contributed by atoms with Crippen molar-refractivity contribution in [2.24, 2.45) is 11.8 Å². The van der Waals surface area contributed by atoms with E-state index in [1.807, 2.05) is 4.90 Å². The fourth-order valence-electron chi connectivity index (χ4n) is 3.16. The van der Waals surface area contributed by atoms with Crippen LogP contribution < -0.4 is 5.32 Å². The van der Waals surface area contributed by atoms with Crippen LogP contribution in [0.5, 0.6) is 0 Å². The van der Waals surface area contributed by atoms with Crippen LogP contribution in [0.2, 0.25) is 0 Å². The minimum Gasteiger partial charge on any atom is -0.481 e. The van der Waals surface area contributed by atoms with Crippen LogP contribution in [-0.2, 0) is 14.4 Å². The molecular weight excluding hydrogens is 272 g/mol. The van der Waals surface area contributed by atoms with E-state index in [4.69, 9.17) is 5.11 Å². The van der Waals surface area contributed by atoms with Crippen LogP contribution in [0.3, 0.4) is 0 Å². The molecule has 2 rings (SSSR count). The molecule has 0 bridgehead atoms. The smallest absolute Gasteiger partial charge is 0.306 e. The number of aliphatic carboxylic acids is 1. The van der Waals surface area contributed by atoms with E-state index in [1.165, 1.54) is 0 Å². The van der Waals surface area contributed by atoms with E-state index >= 15 is 0 Å². The Hall–Kier alpha value is -1.59. The molecule has 0 spiro atoms. The third-order valence-corrected chi connectivity index (χ3v) is 4.54. The molecule has 0 aromatic rings. The van der Waals surface area contributed by atoms with Gasteiger partial charge in [0.1, 0.15) is 0 Å². The highest BCUT2D eigenvalue weighted by Gasteiger charge is 2.29. The first kappa shape index (κ1) is 15.8. The third kappa shape index (κ3) is 4.44. The summed E-state index contributed by atoms with van der Waals surface area (Å²) < 4.78 is 0. The molecule has 118 valence electrons. The van der Waals surface area contributed by atoms with Gasteiger partial charge >= 0.3 is 5.97 Å². The van der Waals surface area contributed by atoms with Gasteiger partial charge in [0.25, 0.3) is 0 Å². The largest absolute Gasteiger partial charge is 0.481 e. The first-order valence-electron chi connectivity index (χ1n) is 7.86. The van der Waals surface area contributed by atoms with Gasteiger partial charge in [0, 0.05) is 32.0 Å². The van der Waals surface area contributed by atoms with Gasteiger partial charge in [-0.2, -0.15) is 0 Å². The Morgan fingerprint density at radius 2 is 1.57 bits per heavy atom. The van der Waals surface area contributed by atoms with E-state index < -0.39 is 5.97 Å². The molecule has 0 aromatic heterocycles. The third-order valence-electron chi connectivity index (χ3n) is 4.54. The summed E-state index contributed by atoms with van der Waals surface area (Å²) in [7, 11) is 0. The Morgan fingerprint density at radius 3 is 2.14 bits per heavy atom. The Kier molecular flexibility index (Phi) is 5.59. The number of hydrogen-bond acceptors (Lipinski definition) is 3. The maximum absolute atomic E-state index is 12.0. The molecular formula is C15H24N2O4. The molecule has 0 radical (unpaired) electrons. The number of carbonyl (C=O) groups is 3. The van der Waals surface area contributed by atoms with Crippen molar-refractivity contribution in [2.45, 2.75) is 44.9 Å². The van der Waals surface area contributed by atoms with Crippen molar-refractivity contribution in [3.8, 4) is 0 Å². The van der Waals surface area contributed by atoms with Gasteiger partial charge in [-0.05, 0) is 38.5 Å². The maximum atomic E-state index is 12.0. The molecule has 2 amide bonds. The van der Waals surface area contributed by atoms with Crippen molar-refractivity contribution in [3.63, 3.8) is 0 Å². The Labute approximate surface area is 124 Å². The van der Waals surface area contributed by atoms with E-state index in [9.17, 15) is 14.4 Å². The van der Waals surface area contributed by atoms with Crippen molar-refractivity contribution in [2.75, 3.05) is 19.6 Å². The lowest BCUT2D eigenvalue weighted by atomic mass is 9.81. The van der Waals surface area contributed by atoms with Crippen LogP contribution in [0.1, 0.15) is 44.9 Å². The number of likely N-dealkylation sites (tertiary alicyclic amines) is 1. The molecule has 21 heavy (non-hydrogen) atoms. The van der Waals surface area contributed by atoms with Gasteiger partial charge in [0.05, 0.1) is 5.92 Å². The number of carboxylic acids is 1. The van der Waals surface area contributed by atoms with Crippen molar-refractivity contribution in [1.82, 2.24) is 10.2 Å². The van der Waals surface area contributed by atoms with Crippen LogP contribution in [-0.4, -0.2) is 47.4 Å². The van der Waals surface area contributed by atoms with E-state index in [0.717, 1.165) is 25.9 Å². The van der Waals surface area contributed by atoms with Gasteiger partial charge in [-0.15, -0.1) is 0 Å². The Bertz CT molecular complexity index is 396. The van der Waals surface area contributed by atoms with Crippen LogP contribution >= 0.6 is 0 Å². The SMILES string of the molecule is O=C(O)C1CCC(C(=O)NCCC(=O)N2CCCC2)CC1. The molecule has 6 heteroatoms. The minimum absolute atomic E-state index is 0.0342. The van der Waals surface area contributed by atoms with E-state index in [2.05, 4.69) is 5.32 Å². The van der Waals surface area contributed by atoms with Gasteiger partial charge in [0.2, 0.25) is 11.8 Å². The van der Waals surface area contributed by atoms with Crippen molar-refractivity contribution in [1.29, 1.82) is 0 Å². The number of nitrogens with zero attached hydrogens (tertiary/aromatic N) is 1. The van der Waals surface area contributed by atoms with Crippen molar-refractivity contribution >= 4 is 17.8 Å². The van der Waals surface area contributed by atoms with Crippen LogP contribution in [0.15, 0.2) is 0 Å². The summed E-state index contributed by atoms with van der Waals surface area (Å²) in [5, 5.41) is 11.7.